The van der Waals surface area contributed by atoms with E-state index in [1.165, 1.54) is 18.2 Å². The first-order valence-corrected chi connectivity index (χ1v) is 8.62. The molecular weight excluding hydrogens is 346 g/mol. The summed E-state index contributed by atoms with van der Waals surface area (Å²) in [5.74, 6) is -0.237. The molecule has 0 aromatic heterocycles. The van der Waals surface area contributed by atoms with Gasteiger partial charge in [-0.2, -0.15) is 0 Å². The van der Waals surface area contributed by atoms with E-state index in [9.17, 15) is 19.7 Å². The largest absolute Gasteiger partial charge is 0.338 e. The van der Waals surface area contributed by atoms with E-state index in [-0.39, 0.29) is 17.5 Å². The summed E-state index contributed by atoms with van der Waals surface area (Å²) in [4.78, 5) is 36.2. The van der Waals surface area contributed by atoms with Gasteiger partial charge in [-0.05, 0) is 36.3 Å². The van der Waals surface area contributed by atoms with Gasteiger partial charge in [0, 0.05) is 37.3 Å². The van der Waals surface area contributed by atoms with Gasteiger partial charge in [-0.3, -0.25) is 19.7 Å². The smallest absolute Gasteiger partial charge is 0.276 e. The van der Waals surface area contributed by atoms with Gasteiger partial charge < -0.3 is 10.2 Å². The quantitative estimate of drug-likeness (QED) is 0.482. The molecule has 0 atom stereocenters. The molecule has 0 unspecified atom stereocenters. The van der Waals surface area contributed by atoms with Gasteiger partial charge >= 0.3 is 0 Å². The van der Waals surface area contributed by atoms with Gasteiger partial charge in [-0.25, -0.2) is 0 Å². The van der Waals surface area contributed by atoms with Crippen molar-refractivity contribution >= 4 is 29.3 Å². The van der Waals surface area contributed by atoms with E-state index in [2.05, 4.69) is 5.32 Å². The topological polar surface area (TPSA) is 92.5 Å². The van der Waals surface area contributed by atoms with Gasteiger partial charge in [0.1, 0.15) is 0 Å². The predicted octanol–water partition coefficient (Wildman–Crippen LogP) is 3.37. The summed E-state index contributed by atoms with van der Waals surface area (Å²) in [6.45, 7) is 1.28. The van der Waals surface area contributed by atoms with Crippen molar-refractivity contribution in [3.63, 3.8) is 0 Å². The van der Waals surface area contributed by atoms with Crippen molar-refractivity contribution in [1.29, 1.82) is 0 Å². The Bertz CT molecular complexity index is 908. The highest BCUT2D eigenvalue weighted by atomic mass is 16.6. The molecule has 1 aliphatic heterocycles. The first-order chi connectivity index (χ1) is 13.0. The maximum absolute atomic E-state index is 12.1. The zero-order valence-corrected chi connectivity index (χ0v) is 14.6. The van der Waals surface area contributed by atoms with Crippen LogP contribution in [0.4, 0.5) is 11.4 Å². The molecule has 2 amide bonds. The van der Waals surface area contributed by atoms with Crippen molar-refractivity contribution in [2.24, 2.45) is 0 Å². The Morgan fingerprint density at radius 2 is 2.04 bits per heavy atom. The van der Waals surface area contributed by atoms with E-state index in [1.807, 2.05) is 18.2 Å². The van der Waals surface area contributed by atoms with Gasteiger partial charge in [-0.1, -0.05) is 24.3 Å². The number of hydrogen-bond donors (Lipinski definition) is 1. The third kappa shape index (κ3) is 4.78. The van der Waals surface area contributed by atoms with Crippen molar-refractivity contribution in [2.75, 3.05) is 11.9 Å². The zero-order chi connectivity index (χ0) is 19.2. The Kier molecular flexibility index (Phi) is 5.61. The Morgan fingerprint density at radius 3 is 2.78 bits per heavy atom. The molecule has 138 valence electrons. The number of carbonyl (C=O) groups excluding carboxylic acids is 2. The van der Waals surface area contributed by atoms with Crippen molar-refractivity contribution in [1.82, 2.24) is 4.90 Å². The molecule has 7 heteroatoms. The van der Waals surface area contributed by atoms with Crippen LogP contribution in [-0.2, 0) is 16.1 Å². The van der Waals surface area contributed by atoms with E-state index < -0.39 is 4.92 Å². The molecule has 2 aromatic carbocycles. The molecule has 1 N–H and O–H groups in total. The monoisotopic (exact) mass is 365 g/mol. The summed E-state index contributed by atoms with van der Waals surface area (Å²) in [5.41, 5.74) is 1.85. The molecule has 27 heavy (non-hydrogen) atoms. The molecule has 0 spiro atoms. The van der Waals surface area contributed by atoms with E-state index in [0.29, 0.717) is 24.2 Å². The third-order valence-corrected chi connectivity index (χ3v) is 4.29. The van der Waals surface area contributed by atoms with Crippen LogP contribution in [0.5, 0.6) is 0 Å². The van der Waals surface area contributed by atoms with Gasteiger partial charge in [-0.15, -0.1) is 0 Å². The lowest BCUT2D eigenvalue weighted by atomic mass is 10.1. The summed E-state index contributed by atoms with van der Waals surface area (Å²) >= 11 is 0. The maximum atomic E-state index is 12.1. The number of anilines is 1. The zero-order valence-electron chi connectivity index (χ0n) is 14.6. The number of para-hydroxylation sites is 1. The third-order valence-electron chi connectivity index (χ3n) is 4.29. The number of carbonyl (C=O) groups is 2. The van der Waals surface area contributed by atoms with E-state index in [0.717, 1.165) is 18.5 Å². The number of benzene rings is 2. The van der Waals surface area contributed by atoms with E-state index in [4.69, 9.17) is 0 Å². The molecule has 7 nitrogen and oxygen atoms in total. The molecule has 0 radical (unpaired) electrons. The number of nitro benzene ring substituents is 1. The number of nitrogens with one attached hydrogen (secondary N) is 1. The van der Waals surface area contributed by atoms with E-state index in [1.54, 1.807) is 29.2 Å². The lowest BCUT2D eigenvalue weighted by molar-refractivity contribution is -0.385. The number of nitro groups is 1. The number of amides is 2. The van der Waals surface area contributed by atoms with Crippen LogP contribution in [0, 0.1) is 10.1 Å². The van der Waals surface area contributed by atoms with Crippen LogP contribution in [0.15, 0.2) is 54.6 Å². The Morgan fingerprint density at radius 1 is 1.22 bits per heavy atom. The predicted molar refractivity (Wildman–Crippen MR) is 102 cm³/mol. The molecule has 1 saturated heterocycles. The normalized spacial score (nSPS) is 13.9. The molecule has 3 rings (SSSR count). The van der Waals surface area contributed by atoms with Crippen molar-refractivity contribution in [2.45, 2.75) is 19.4 Å². The summed E-state index contributed by atoms with van der Waals surface area (Å²) in [7, 11) is 0. The fourth-order valence-corrected chi connectivity index (χ4v) is 2.98. The fourth-order valence-electron chi connectivity index (χ4n) is 2.98. The molecule has 1 heterocycles. The average Bonchev–Trinajstić information content (AvgIpc) is 3.05. The van der Waals surface area contributed by atoms with Gasteiger partial charge in [0.25, 0.3) is 5.69 Å². The molecule has 1 fully saturated rings. The first-order valence-electron chi connectivity index (χ1n) is 8.62. The Balaban J connectivity index is 1.65. The molecule has 0 aliphatic carbocycles. The number of rotatable bonds is 6. The van der Waals surface area contributed by atoms with Gasteiger partial charge in [0.2, 0.25) is 11.8 Å². The molecule has 0 bridgehead atoms. The summed E-state index contributed by atoms with van der Waals surface area (Å²) < 4.78 is 0. The Hall–Kier alpha value is -3.48. The number of hydrogen-bond acceptors (Lipinski definition) is 4. The SMILES string of the molecule is O=C(C=Cc1ccccc1[N+](=O)[O-])Nc1cccc(CN2CCCC2=O)c1. The second-order valence-corrected chi connectivity index (χ2v) is 6.26. The van der Waals surface area contributed by atoms with Crippen LogP contribution >= 0.6 is 0 Å². The van der Waals surface area contributed by atoms with Crippen molar-refractivity contribution in [3.05, 3.63) is 75.8 Å². The fraction of sp³-hybridized carbons (Fsp3) is 0.200. The van der Waals surface area contributed by atoms with Crippen molar-refractivity contribution in [3.8, 4) is 0 Å². The molecule has 0 saturated carbocycles. The lowest BCUT2D eigenvalue weighted by Gasteiger charge is -2.16. The van der Waals surface area contributed by atoms with Crippen LogP contribution < -0.4 is 5.32 Å². The lowest BCUT2D eigenvalue weighted by Crippen LogP contribution is -2.23. The standard InChI is InChI=1S/C20H19N3O4/c24-19(11-10-16-6-1-2-8-18(16)23(26)27)21-17-7-3-5-15(13-17)14-22-12-4-9-20(22)25/h1-3,5-8,10-11,13H,4,9,12,14H2,(H,21,24). The second-order valence-electron chi connectivity index (χ2n) is 6.26. The highest BCUT2D eigenvalue weighted by molar-refractivity contribution is 6.02. The van der Waals surface area contributed by atoms with Crippen LogP contribution in [0.1, 0.15) is 24.0 Å². The Labute approximate surface area is 156 Å². The first kappa shape index (κ1) is 18.3. The van der Waals surface area contributed by atoms with E-state index >= 15 is 0 Å². The van der Waals surface area contributed by atoms with Crippen molar-refractivity contribution < 1.29 is 14.5 Å². The number of nitrogens with zero attached hydrogens (tertiary/aromatic N) is 2. The van der Waals surface area contributed by atoms with Gasteiger partial charge in [0.15, 0.2) is 0 Å². The molecule has 1 aliphatic rings. The summed E-state index contributed by atoms with van der Waals surface area (Å²) in [6.07, 6.45) is 4.15. The molecular formula is C20H19N3O4. The summed E-state index contributed by atoms with van der Waals surface area (Å²) in [5, 5.41) is 13.7. The minimum atomic E-state index is -0.485. The van der Waals surface area contributed by atoms with Crippen LogP contribution in [-0.4, -0.2) is 28.2 Å². The minimum absolute atomic E-state index is 0.0566. The maximum Gasteiger partial charge on any atom is 0.276 e. The van der Waals surface area contributed by atoms with Gasteiger partial charge in [0.05, 0.1) is 10.5 Å². The second kappa shape index (κ2) is 8.27. The minimum Gasteiger partial charge on any atom is -0.338 e. The summed E-state index contributed by atoms with van der Waals surface area (Å²) in [6, 6.07) is 13.5. The number of likely N-dealkylation sites (tertiary alicyclic amines) is 1. The molecule has 2 aromatic rings. The van der Waals surface area contributed by atoms with Crippen LogP contribution in [0.2, 0.25) is 0 Å². The highest BCUT2D eigenvalue weighted by Crippen LogP contribution is 2.20. The van der Waals surface area contributed by atoms with Crippen LogP contribution in [0.3, 0.4) is 0 Å². The highest BCUT2D eigenvalue weighted by Gasteiger charge is 2.20. The van der Waals surface area contributed by atoms with Crippen LogP contribution in [0.25, 0.3) is 6.08 Å². The average molecular weight is 365 g/mol.